The van der Waals surface area contributed by atoms with Gasteiger partial charge in [0, 0.05) is 31.5 Å². The Hall–Kier alpha value is -3.30. The zero-order chi connectivity index (χ0) is 19.4. The second-order valence-corrected chi connectivity index (χ2v) is 5.74. The first-order chi connectivity index (χ1) is 12.8. The maximum Gasteiger partial charge on any atom is 0.416 e. The van der Waals surface area contributed by atoms with Gasteiger partial charge in [0.05, 0.1) is 11.8 Å². The quantitative estimate of drug-likeness (QED) is 0.715. The highest BCUT2D eigenvalue weighted by Crippen LogP contribution is 2.31. The molecule has 0 unspecified atom stereocenters. The molecule has 10 heteroatoms. The number of carbonyl (C=O) groups excluding carboxylic acids is 1. The third kappa shape index (κ3) is 4.87. The van der Waals surface area contributed by atoms with Crippen LogP contribution in [0, 0.1) is 0 Å². The summed E-state index contributed by atoms with van der Waals surface area (Å²) in [4.78, 5) is 12.1. The highest BCUT2D eigenvalue weighted by atomic mass is 19.4. The lowest BCUT2D eigenvalue weighted by atomic mass is 10.2. The zero-order valence-corrected chi connectivity index (χ0v) is 14.3. The van der Waals surface area contributed by atoms with E-state index in [1.807, 2.05) is 0 Å². The number of hydrogen-bond donors (Lipinski definition) is 1. The van der Waals surface area contributed by atoms with Gasteiger partial charge in [-0.1, -0.05) is 6.07 Å². The van der Waals surface area contributed by atoms with Crippen molar-refractivity contribution in [1.82, 2.24) is 24.9 Å². The van der Waals surface area contributed by atoms with E-state index in [0.717, 1.165) is 17.7 Å². The van der Waals surface area contributed by atoms with Crippen LogP contribution in [0.3, 0.4) is 0 Å². The Kier molecular flexibility index (Phi) is 5.15. The molecule has 0 aliphatic carbocycles. The molecule has 0 radical (unpaired) electrons. The molecule has 0 aliphatic heterocycles. The standard InChI is InChI=1S/C17H16F3N5O2/c1-24-10-12(9-22-24)8-21-16(26)15-5-6-25(23-15)11-27-14-4-2-3-13(7-14)17(18,19)20/h2-7,9-10H,8,11H2,1H3,(H,21,26). The lowest BCUT2D eigenvalue weighted by Gasteiger charge is -2.10. The minimum Gasteiger partial charge on any atom is -0.471 e. The summed E-state index contributed by atoms with van der Waals surface area (Å²) in [7, 11) is 1.78. The van der Waals surface area contributed by atoms with Crippen LogP contribution in [0.2, 0.25) is 0 Å². The van der Waals surface area contributed by atoms with Crippen molar-refractivity contribution < 1.29 is 22.7 Å². The van der Waals surface area contributed by atoms with E-state index in [-0.39, 0.29) is 24.1 Å². The van der Waals surface area contributed by atoms with Gasteiger partial charge in [-0.15, -0.1) is 0 Å². The number of hydrogen-bond acceptors (Lipinski definition) is 4. The van der Waals surface area contributed by atoms with Crippen molar-refractivity contribution in [3.63, 3.8) is 0 Å². The number of aryl methyl sites for hydroxylation is 1. The molecule has 0 fully saturated rings. The number of carbonyl (C=O) groups is 1. The number of halogens is 3. The van der Waals surface area contributed by atoms with Gasteiger partial charge in [-0.3, -0.25) is 9.48 Å². The summed E-state index contributed by atoms with van der Waals surface area (Å²) >= 11 is 0. The number of alkyl halides is 3. The van der Waals surface area contributed by atoms with Crippen LogP contribution >= 0.6 is 0 Å². The first kappa shape index (κ1) is 18.5. The number of rotatable bonds is 6. The smallest absolute Gasteiger partial charge is 0.416 e. The Labute approximate surface area is 152 Å². The number of ether oxygens (including phenoxy) is 1. The largest absolute Gasteiger partial charge is 0.471 e. The second-order valence-electron chi connectivity index (χ2n) is 5.74. The SMILES string of the molecule is Cn1cc(CNC(=O)c2ccn(COc3cccc(C(F)(F)F)c3)n2)cn1. The molecular weight excluding hydrogens is 363 g/mol. The lowest BCUT2D eigenvalue weighted by Crippen LogP contribution is -2.23. The third-order valence-corrected chi connectivity index (χ3v) is 3.61. The van der Waals surface area contributed by atoms with Gasteiger partial charge in [0.2, 0.25) is 0 Å². The van der Waals surface area contributed by atoms with Crippen LogP contribution in [-0.2, 0) is 26.5 Å². The Morgan fingerprint density at radius 1 is 1.30 bits per heavy atom. The summed E-state index contributed by atoms with van der Waals surface area (Å²) in [6, 6.07) is 6.05. The van der Waals surface area contributed by atoms with E-state index in [9.17, 15) is 18.0 Å². The molecule has 3 rings (SSSR count). The molecule has 0 saturated heterocycles. The Balaban J connectivity index is 1.55. The van der Waals surface area contributed by atoms with Crippen molar-refractivity contribution in [2.45, 2.75) is 19.5 Å². The van der Waals surface area contributed by atoms with Crippen molar-refractivity contribution in [3.8, 4) is 5.75 Å². The first-order valence-corrected chi connectivity index (χ1v) is 7.90. The van der Waals surface area contributed by atoms with Gasteiger partial charge >= 0.3 is 6.18 Å². The van der Waals surface area contributed by atoms with Gasteiger partial charge in [-0.2, -0.15) is 23.4 Å². The van der Waals surface area contributed by atoms with Crippen molar-refractivity contribution in [3.05, 3.63) is 65.7 Å². The number of aromatic nitrogens is 4. The van der Waals surface area contributed by atoms with E-state index < -0.39 is 11.7 Å². The molecule has 27 heavy (non-hydrogen) atoms. The summed E-state index contributed by atoms with van der Waals surface area (Å²) in [5.41, 5.74) is 0.223. The van der Waals surface area contributed by atoms with E-state index in [1.54, 1.807) is 24.1 Å². The van der Waals surface area contributed by atoms with Crippen molar-refractivity contribution in [1.29, 1.82) is 0 Å². The maximum absolute atomic E-state index is 12.7. The van der Waals surface area contributed by atoms with E-state index in [4.69, 9.17) is 4.74 Å². The molecule has 3 aromatic rings. The molecule has 0 bridgehead atoms. The number of nitrogens with one attached hydrogen (secondary N) is 1. The fourth-order valence-corrected chi connectivity index (χ4v) is 2.29. The molecule has 2 aromatic heterocycles. The van der Waals surface area contributed by atoms with Gasteiger partial charge in [0.25, 0.3) is 5.91 Å². The van der Waals surface area contributed by atoms with Gasteiger partial charge in [-0.25, -0.2) is 4.68 Å². The molecule has 0 saturated carbocycles. The minimum absolute atomic E-state index is 0.0582. The Bertz CT molecular complexity index is 933. The average Bonchev–Trinajstić information content (AvgIpc) is 3.26. The topological polar surface area (TPSA) is 74.0 Å². The first-order valence-electron chi connectivity index (χ1n) is 7.90. The molecule has 0 aliphatic rings. The molecule has 142 valence electrons. The second kappa shape index (κ2) is 7.52. The zero-order valence-electron chi connectivity index (χ0n) is 14.3. The van der Waals surface area contributed by atoms with Crippen molar-refractivity contribution in [2.24, 2.45) is 7.05 Å². The third-order valence-electron chi connectivity index (χ3n) is 3.61. The van der Waals surface area contributed by atoms with Crippen LogP contribution in [0.1, 0.15) is 21.6 Å². The Morgan fingerprint density at radius 3 is 2.81 bits per heavy atom. The fraction of sp³-hybridized carbons (Fsp3) is 0.235. The van der Waals surface area contributed by atoms with Crippen LogP contribution < -0.4 is 10.1 Å². The van der Waals surface area contributed by atoms with Gasteiger partial charge in [-0.05, 0) is 24.3 Å². The van der Waals surface area contributed by atoms with E-state index in [1.165, 1.54) is 29.1 Å². The van der Waals surface area contributed by atoms with E-state index in [2.05, 4.69) is 15.5 Å². The molecule has 0 atom stereocenters. The molecule has 1 amide bonds. The molecular formula is C17H16F3N5O2. The molecule has 2 heterocycles. The number of benzene rings is 1. The lowest BCUT2D eigenvalue weighted by molar-refractivity contribution is -0.137. The summed E-state index contributed by atoms with van der Waals surface area (Å²) in [5, 5.41) is 10.8. The van der Waals surface area contributed by atoms with Crippen LogP contribution in [0.15, 0.2) is 48.9 Å². The molecule has 0 spiro atoms. The van der Waals surface area contributed by atoms with Gasteiger partial charge in [0.15, 0.2) is 6.73 Å². The van der Waals surface area contributed by atoms with Gasteiger partial charge < -0.3 is 10.1 Å². The van der Waals surface area contributed by atoms with E-state index in [0.29, 0.717) is 6.54 Å². The predicted octanol–water partition coefficient (Wildman–Crippen LogP) is 2.60. The summed E-state index contributed by atoms with van der Waals surface area (Å²) in [5.74, 6) is -0.320. The van der Waals surface area contributed by atoms with Crippen molar-refractivity contribution >= 4 is 5.91 Å². The summed E-state index contributed by atoms with van der Waals surface area (Å²) in [6.45, 7) is 0.178. The van der Waals surface area contributed by atoms with Crippen LogP contribution in [-0.4, -0.2) is 25.5 Å². The van der Waals surface area contributed by atoms with Crippen LogP contribution in [0.5, 0.6) is 5.75 Å². The highest BCUT2D eigenvalue weighted by molar-refractivity contribution is 5.92. The predicted molar refractivity (Wildman–Crippen MR) is 88.7 cm³/mol. The van der Waals surface area contributed by atoms with E-state index >= 15 is 0 Å². The number of nitrogens with zero attached hydrogens (tertiary/aromatic N) is 4. The van der Waals surface area contributed by atoms with Gasteiger partial charge in [0.1, 0.15) is 11.4 Å². The van der Waals surface area contributed by atoms with Crippen LogP contribution in [0.4, 0.5) is 13.2 Å². The highest BCUT2D eigenvalue weighted by Gasteiger charge is 2.30. The minimum atomic E-state index is -4.44. The monoisotopic (exact) mass is 379 g/mol. The summed E-state index contributed by atoms with van der Waals surface area (Å²) in [6.07, 6.45) is 0.487. The molecule has 1 aromatic carbocycles. The number of amides is 1. The van der Waals surface area contributed by atoms with Crippen molar-refractivity contribution in [2.75, 3.05) is 0 Å². The normalized spacial score (nSPS) is 11.4. The average molecular weight is 379 g/mol. The van der Waals surface area contributed by atoms with Crippen LogP contribution in [0.25, 0.3) is 0 Å². The maximum atomic E-state index is 12.7. The summed E-state index contributed by atoms with van der Waals surface area (Å²) < 4.78 is 46.3. The molecule has 1 N–H and O–H groups in total. The molecule has 7 nitrogen and oxygen atoms in total. The Morgan fingerprint density at radius 2 is 2.11 bits per heavy atom. The fourth-order valence-electron chi connectivity index (χ4n) is 2.29.